The normalized spacial score (nSPS) is 25.1. The second kappa shape index (κ2) is 3.75. The van der Waals surface area contributed by atoms with Crippen LogP contribution in [0.3, 0.4) is 0 Å². The van der Waals surface area contributed by atoms with E-state index < -0.39 is 0 Å². The largest absolute Gasteiger partial charge is 0.461 e. The van der Waals surface area contributed by atoms with Crippen LogP contribution in [-0.2, 0) is 0 Å². The van der Waals surface area contributed by atoms with E-state index in [0.29, 0.717) is 17.5 Å². The molecule has 2 atom stereocenters. The number of hydrogen-bond donors (Lipinski definition) is 1. The number of nitrogens with zero attached hydrogens (tertiary/aromatic N) is 2. The Morgan fingerprint density at radius 1 is 1.38 bits per heavy atom. The molecule has 0 radical (unpaired) electrons. The Balaban J connectivity index is 1.88. The van der Waals surface area contributed by atoms with Crippen molar-refractivity contribution in [3.63, 3.8) is 0 Å². The van der Waals surface area contributed by atoms with Gasteiger partial charge in [0, 0.05) is 6.04 Å². The lowest BCUT2D eigenvalue weighted by Gasteiger charge is -2.08. The fraction of sp³-hybridized carbons (Fsp3) is 0.455. The minimum atomic E-state index is 0.143. The lowest BCUT2D eigenvalue weighted by atomic mass is 10.1. The second-order valence-corrected chi connectivity index (χ2v) is 4.13. The van der Waals surface area contributed by atoms with Crippen LogP contribution in [0.25, 0.3) is 11.6 Å². The van der Waals surface area contributed by atoms with E-state index in [9.17, 15) is 0 Å². The van der Waals surface area contributed by atoms with Crippen molar-refractivity contribution in [1.82, 2.24) is 10.1 Å². The third-order valence-electron chi connectivity index (χ3n) is 3.07. The molecule has 16 heavy (non-hydrogen) atoms. The first-order valence-electron chi connectivity index (χ1n) is 5.47. The van der Waals surface area contributed by atoms with E-state index in [1.54, 1.807) is 12.3 Å². The molecule has 2 aromatic rings. The summed E-state index contributed by atoms with van der Waals surface area (Å²) in [5, 5.41) is 3.90. The highest BCUT2D eigenvalue weighted by Crippen LogP contribution is 2.33. The topological polar surface area (TPSA) is 78.1 Å². The molecule has 2 aromatic heterocycles. The Bertz CT molecular complexity index is 463. The summed E-state index contributed by atoms with van der Waals surface area (Å²) in [5.74, 6) is 1.97. The lowest BCUT2D eigenvalue weighted by molar-refractivity contribution is 0.344. The van der Waals surface area contributed by atoms with Crippen molar-refractivity contribution in [2.45, 2.75) is 31.2 Å². The maximum Gasteiger partial charge on any atom is 0.238 e. The van der Waals surface area contributed by atoms with Crippen molar-refractivity contribution in [2.24, 2.45) is 5.73 Å². The molecule has 0 spiro atoms. The van der Waals surface area contributed by atoms with Crippen LogP contribution in [0.2, 0.25) is 0 Å². The van der Waals surface area contributed by atoms with Crippen molar-refractivity contribution in [2.75, 3.05) is 0 Å². The molecule has 1 fully saturated rings. The Hall–Kier alpha value is -1.62. The van der Waals surface area contributed by atoms with Gasteiger partial charge >= 0.3 is 0 Å². The van der Waals surface area contributed by atoms with Gasteiger partial charge in [0.25, 0.3) is 0 Å². The van der Waals surface area contributed by atoms with Crippen LogP contribution in [0.1, 0.15) is 31.1 Å². The van der Waals surface area contributed by atoms with Crippen molar-refractivity contribution in [3.8, 4) is 11.6 Å². The predicted molar refractivity (Wildman–Crippen MR) is 56.6 cm³/mol. The molecule has 1 aliphatic carbocycles. The number of nitrogens with two attached hydrogens (primary N) is 1. The van der Waals surface area contributed by atoms with Gasteiger partial charge in [-0.2, -0.15) is 4.98 Å². The highest BCUT2D eigenvalue weighted by molar-refractivity contribution is 5.44. The molecule has 84 valence electrons. The van der Waals surface area contributed by atoms with E-state index in [4.69, 9.17) is 14.7 Å². The van der Waals surface area contributed by atoms with Crippen LogP contribution < -0.4 is 5.73 Å². The fourth-order valence-corrected chi connectivity index (χ4v) is 2.19. The third kappa shape index (κ3) is 1.53. The molecule has 1 saturated carbocycles. The third-order valence-corrected chi connectivity index (χ3v) is 3.07. The highest BCUT2D eigenvalue weighted by Gasteiger charge is 2.30. The number of hydrogen-bond acceptors (Lipinski definition) is 5. The zero-order chi connectivity index (χ0) is 11.0. The molecular weight excluding hydrogens is 206 g/mol. The zero-order valence-electron chi connectivity index (χ0n) is 8.80. The lowest BCUT2D eigenvalue weighted by Crippen LogP contribution is -2.22. The summed E-state index contributed by atoms with van der Waals surface area (Å²) in [6.45, 7) is 0. The minimum Gasteiger partial charge on any atom is -0.461 e. The molecule has 1 aliphatic rings. The first-order valence-corrected chi connectivity index (χ1v) is 5.47. The van der Waals surface area contributed by atoms with Gasteiger partial charge < -0.3 is 14.7 Å². The molecule has 5 nitrogen and oxygen atoms in total. The standard InChI is InChI=1S/C11H13N3O2/c12-8-4-1-3-7(8)11-13-10(14-16-11)9-5-2-6-15-9/h2,5-8H,1,3-4,12H2. The Labute approximate surface area is 92.6 Å². The molecule has 2 heterocycles. The van der Waals surface area contributed by atoms with E-state index in [1.165, 1.54) is 0 Å². The average Bonchev–Trinajstić information content (AvgIpc) is 2.96. The molecule has 0 bridgehead atoms. The predicted octanol–water partition coefficient (Wildman–Crippen LogP) is 1.92. The number of furan rings is 1. The van der Waals surface area contributed by atoms with Gasteiger partial charge in [-0.3, -0.25) is 0 Å². The summed E-state index contributed by atoms with van der Waals surface area (Å²) in [4.78, 5) is 4.33. The van der Waals surface area contributed by atoms with Gasteiger partial charge in [0.05, 0.1) is 12.2 Å². The summed E-state index contributed by atoms with van der Waals surface area (Å²) in [7, 11) is 0. The van der Waals surface area contributed by atoms with Crippen LogP contribution in [0.4, 0.5) is 0 Å². The number of rotatable bonds is 2. The fourth-order valence-electron chi connectivity index (χ4n) is 2.19. The van der Waals surface area contributed by atoms with Crippen LogP contribution in [0.15, 0.2) is 27.3 Å². The van der Waals surface area contributed by atoms with Crippen LogP contribution >= 0.6 is 0 Å². The zero-order valence-corrected chi connectivity index (χ0v) is 8.80. The summed E-state index contributed by atoms with van der Waals surface area (Å²) in [6, 6.07) is 3.75. The van der Waals surface area contributed by atoms with Crippen LogP contribution in [0.5, 0.6) is 0 Å². The van der Waals surface area contributed by atoms with E-state index >= 15 is 0 Å². The van der Waals surface area contributed by atoms with Crippen molar-refractivity contribution >= 4 is 0 Å². The Morgan fingerprint density at radius 3 is 3.00 bits per heavy atom. The molecule has 0 amide bonds. The molecule has 0 aliphatic heterocycles. The molecular formula is C11H13N3O2. The second-order valence-electron chi connectivity index (χ2n) is 4.13. The monoisotopic (exact) mass is 219 g/mol. The van der Waals surface area contributed by atoms with Crippen molar-refractivity contribution in [3.05, 3.63) is 24.3 Å². The van der Waals surface area contributed by atoms with Crippen molar-refractivity contribution in [1.29, 1.82) is 0 Å². The van der Waals surface area contributed by atoms with Gasteiger partial charge in [0.2, 0.25) is 11.7 Å². The molecule has 0 aromatic carbocycles. The molecule has 5 heteroatoms. The van der Waals surface area contributed by atoms with E-state index in [-0.39, 0.29) is 12.0 Å². The summed E-state index contributed by atoms with van der Waals surface area (Å²) in [5.41, 5.74) is 5.99. The van der Waals surface area contributed by atoms with Crippen LogP contribution in [0, 0.1) is 0 Å². The molecule has 3 rings (SSSR count). The van der Waals surface area contributed by atoms with Crippen molar-refractivity contribution < 1.29 is 8.94 Å². The summed E-state index contributed by atoms with van der Waals surface area (Å²) >= 11 is 0. The molecule has 2 N–H and O–H groups in total. The quantitative estimate of drug-likeness (QED) is 0.834. The van der Waals surface area contributed by atoms with Crippen LogP contribution in [-0.4, -0.2) is 16.2 Å². The first kappa shape index (κ1) is 9.59. The SMILES string of the molecule is NC1CCCC1c1nc(-c2ccco2)no1. The highest BCUT2D eigenvalue weighted by atomic mass is 16.5. The number of aromatic nitrogens is 2. The van der Waals surface area contributed by atoms with Gasteiger partial charge in [-0.05, 0) is 25.0 Å². The maximum absolute atomic E-state index is 5.99. The molecule has 0 saturated heterocycles. The Morgan fingerprint density at radius 2 is 2.31 bits per heavy atom. The Kier molecular flexibility index (Phi) is 2.25. The van der Waals surface area contributed by atoms with Gasteiger partial charge in [-0.25, -0.2) is 0 Å². The smallest absolute Gasteiger partial charge is 0.238 e. The van der Waals surface area contributed by atoms with Gasteiger partial charge in [-0.15, -0.1) is 0 Å². The van der Waals surface area contributed by atoms with E-state index in [1.807, 2.05) is 6.07 Å². The van der Waals surface area contributed by atoms with E-state index in [2.05, 4.69) is 10.1 Å². The average molecular weight is 219 g/mol. The molecule has 2 unspecified atom stereocenters. The van der Waals surface area contributed by atoms with E-state index in [0.717, 1.165) is 19.3 Å². The van der Waals surface area contributed by atoms with Gasteiger partial charge in [-0.1, -0.05) is 11.6 Å². The van der Waals surface area contributed by atoms with Gasteiger partial charge in [0.1, 0.15) is 0 Å². The van der Waals surface area contributed by atoms with Gasteiger partial charge in [0.15, 0.2) is 5.76 Å². The summed E-state index contributed by atoms with van der Waals surface area (Å²) < 4.78 is 10.4. The minimum absolute atomic E-state index is 0.143. The summed E-state index contributed by atoms with van der Waals surface area (Å²) in [6.07, 6.45) is 4.78. The first-order chi connectivity index (χ1) is 7.84. The maximum atomic E-state index is 5.99.